The van der Waals surface area contributed by atoms with Gasteiger partial charge in [0.25, 0.3) is 0 Å². The number of carbonyl (C=O) groups excluding carboxylic acids is 2. The maximum atomic E-state index is 14.3. The number of hydrogen-bond donors (Lipinski definition) is 3. The fraction of sp³-hybridized carbons (Fsp3) is 0.583. The average molecular weight is 436 g/mol. The van der Waals surface area contributed by atoms with Gasteiger partial charge in [-0.15, -0.1) is 0 Å². The van der Waals surface area contributed by atoms with Gasteiger partial charge in [0, 0.05) is 17.8 Å². The Bertz CT molecular complexity index is 722. The van der Waals surface area contributed by atoms with Gasteiger partial charge in [0.15, 0.2) is 0 Å². The van der Waals surface area contributed by atoms with Crippen LogP contribution < -0.4 is 20.7 Å². The zero-order chi connectivity index (χ0) is 23.2. The molecule has 1 unspecified atom stereocenters. The van der Waals surface area contributed by atoms with Gasteiger partial charge in [-0.25, -0.2) is 4.39 Å². The van der Waals surface area contributed by atoms with E-state index in [1.54, 1.807) is 12.1 Å². The van der Waals surface area contributed by atoms with Crippen molar-refractivity contribution in [2.45, 2.75) is 65.8 Å². The van der Waals surface area contributed by atoms with Gasteiger partial charge in [0.05, 0.1) is 13.2 Å². The number of benzene rings is 1. The predicted molar refractivity (Wildman–Crippen MR) is 122 cm³/mol. The van der Waals surface area contributed by atoms with Crippen molar-refractivity contribution in [1.82, 2.24) is 16.0 Å². The van der Waals surface area contributed by atoms with Crippen molar-refractivity contribution in [2.24, 2.45) is 5.92 Å². The molecule has 0 bridgehead atoms. The Morgan fingerprint density at radius 2 is 1.94 bits per heavy atom. The monoisotopic (exact) mass is 435 g/mol. The normalized spacial score (nSPS) is 11.7. The lowest BCUT2D eigenvalue weighted by Gasteiger charge is -2.19. The van der Waals surface area contributed by atoms with Crippen molar-refractivity contribution in [1.29, 1.82) is 0 Å². The highest BCUT2D eigenvalue weighted by molar-refractivity contribution is 5.88. The molecule has 1 atom stereocenters. The average Bonchev–Trinajstić information content (AvgIpc) is 2.74. The summed E-state index contributed by atoms with van der Waals surface area (Å²) < 4.78 is 20.0. The smallest absolute Gasteiger partial charge is 0.242 e. The molecule has 0 saturated heterocycles. The van der Waals surface area contributed by atoms with E-state index in [4.69, 9.17) is 4.74 Å². The Hall–Kier alpha value is -2.57. The van der Waals surface area contributed by atoms with E-state index in [0.29, 0.717) is 49.6 Å². The Balaban J connectivity index is 2.53. The topological polar surface area (TPSA) is 79.5 Å². The van der Waals surface area contributed by atoms with E-state index < -0.39 is 6.04 Å². The third-order valence-electron chi connectivity index (χ3n) is 4.71. The van der Waals surface area contributed by atoms with Crippen LogP contribution >= 0.6 is 0 Å². The third-order valence-corrected chi connectivity index (χ3v) is 4.71. The molecule has 6 nitrogen and oxygen atoms in total. The molecule has 0 aliphatic heterocycles. The van der Waals surface area contributed by atoms with Gasteiger partial charge in [0.1, 0.15) is 17.6 Å². The number of halogens is 1. The number of rotatable bonds is 15. The van der Waals surface area contributed by atoms with E-state index in [9.17, 15) is 14.0 Å². The summed E-state index contributed by atoms with van der Waals surface area (Å²) in [6.07, 6.45) is 3.06. The molecule has 0 saturated carbocycles. The lowest BCUT2D eigenvalue weighted by atomic mass is 10.1. The molecule has 1 aromatic rings. The first kappa shape index (κ1) is 26.5. The standard InChI is InChI=1S/C24H38FN3O3/c1-6-10-21(28-23(29)15-27-18(5)7-2)24(30)26-14-9-11-19-20(25)12-8-13-22(19)31-16-17(3)4/h8,12-13,17,21,27H,5-7,9-11,14-16H2,1-4H3,(H,26,30)(H,28,29). The van der Waals surface area contributed by atoms with Gasteiger partial charge >= 0.3 is 0 Å². The summed E-state index contributed by atoms with van der Waals surface area (Å²) in [5.74, 6) is 0.120. The summed E-state index contributed by atoms with van der Waals surface area (Å²) in [6.45, 7) is 12.8. The fourth-order valence-corrected chi connectivity index (χ4v) is 2.91. The Morgan fingerprint density at radius 3 is 2.58 bits per heavy atom. The first-order valence-electron chi connectivity index (χ1n) is 11.2. The van der Waals surface area contributed by atoms with Crippen LogP contribution in [0.15, 0.2) is 30.5 Å². The van der Waals surface area contributed by atoms with Crippen molar-refractivity contribution < 1.29 is 18.7 Å². The molecule has 174 valence electrons. The van der Waals surface area contributed by atoms with Crippen LogP contribution in [0.2, 0.25) is 0 Å². The second kappa shape index (κ2) is 14.4. The lowest BCUT2D eigenvalue weighted by molar-refractivity contribution is -0.128. The minimum atomic E-state index is -0.590. The summed E-state index contributed by atoms with van der Waals surface area (Å²) in [6, 6.07) is 4.24. The van der Waals surface area contributed by atoms with E-state index in [1.165, 1.54) is 6.07 Å². The predicted octanol–water partition coefficient (Wildman–Crippen LogP) is 3.71. The zero-order valence-electron chi connectivity index (χ0n) is 19.4. The molecule has 7 heteroatoms. The molecule has 0 spiro atoms. The summed E-state index contributed by atoms with van der Waals surface area (Å²) >= 11 is 0. The first-order valence-corrected chi connectivity index (χ1v) is 11.2. The highest BCUT2D eigenvalue weighted by Gasteiger charge is 2.19. The van der Waals surface area contributed by atoms with Crippen molar-refractivity contribution in [3.05, 3.63) is 41.9 Å². The van der Waals surface area contributed by atoms with Crippen LogP contribution in [0.25, 0.3) is 0 Å². The number of hydrogen-bond acceptors (Lipinski definition) is 4. The molecule has 0 aromatic heterocycles. The Labute approximate surface area is 186 Å². The summed E-state index contributed by atoms with van der Waals surface area (Å²) in [7, 11) is 0. The highest BCUT2D eigenvalue weighted by atomic mass is 19.1. The molecule has 0 fully saturated rings. The van der Waals surface area contributed by atoms with Crippen molar-refractivity contribution in [3.63, 3.8) is 0 Å². The summed E-state index contributed by atoms with van der Waals surface area (Å²) in [4.78, 5) is 24.6. The largest absolute Gasteiger partial charge is 0.493 e. The molecule has 0 aliphatic carbocycles. The summed E-state index contributed by atoms with van der Waals surface area (Å²) in [5, 5.41) is 8.55. The van der Waals surface area contributed by atoms with Crippen LogP contribution in [0, 0.1) is 11.7 Å². The molecule has 3 N–H and O–H groups in total. The van der Waals surface area contributed by atoms with Gasteiger partial charge in [-0.2, -0.15) is 0 Å². The second-order valence-electron chi connectivity index (χ2n) is 8.04. The number of amides is 2. The number of allylic oxidation sites excluding steroid dienone is 1. The molecule has 1 aromatic carbocycles. The van der Waals surface area contributed by atoms with Crippen LogP contribution in [-0.4, -0.2) is 37.6 Å². The van der Waals surface area contributed by atoms with Gasteiger partial charge in [-0.05, 0) is 43.7 Å². The lowest BCUT2D eigenvalue weighted by Crippen LogP contribution is -2.49. The van der Waals surface area contributed by atoms with Crippen molar-refractivity contribution in [3.8, 4) is 5.75 Å². The molecule has 1 rings (SSSR count). The van der Waals surface area contributed by atoms with Crippen molar-refractivity contribution >= 4 is 11.8 Å². The minimum absolute atomic E-state index is 0.0899. The molecule has 0 heterocycles. The zero-order valence-corrected chi connectivity index (χ0v) is 19.4. The highest BCUT2D eigenvalue weighted by Crippen LogP contribution is 2.23. The molecule has 31 heavy (non-hydrogen) atoms. The number of nitrogens with one attached hydrogen (secondary N) is 3. The van der Waals surface area contributed by atoms with Crippen molar-refractivity contribution in [2.75, 3.05) is 19.7 Å². The van der Waals surface area contributed by atoms with Crippen LogP contribution in [-0.2, 0) is 16.0 Å². The van der Waals surface area contributed by atoms with E-state index in [0.717, 1.165) is 18.5 Å². The molecular formula is C24H38FN3O3. The molecule has 0 radical (unpaired) electrons. The van der Waals surface area contributed by atoms with Gasteiger partial charge in [-0.1, -0.05) is 46.8 Å². The van der Waals surface area contributed by atoms with Gasteiger partial charge in [0.2, 0.25) is 11.8 Å². The molecular weight excluding hydrogens is 397 g/mol. The molecule has 0 aliphatic rings. The third kappa shape index (κ3) is 10.3. The quantitative estimate of drug-likeness (QED) is 0.367. The van der Waals surface area contributed by atoms with Crippen LogP contribution in [0.3, 0.4) is 0 Å². The SMILES string of the molecule is C=C(CC)NCC(=O)NC(CCC)C(=O)NCCCc1c(F)cccc1OCC(C)C. The van der Waals surface area contributed by atoms with E-state index >= 15 is 0 Å². The van der Waals surface area contributed by atoms with E-state index in [1.807, 2.05) is 27.7 Å². The van der Waals surface area contributed by atoms with Crippen LogP contribution in [0.5, 0.6) is 5.75 Å². The Kier molecular flexibility index (Phi) is 12.3. The fourth-order valence-electron chi connectivity index (χ4n) is 2.91. The van der Waals surface area contributed by atoms with E-state index in [-0.39, 0.29) is 24.2 Å². The number of ether oxygens (including phenoxy) is 1. The second-order valence-corrected chi connectivity index (χ2v) is 8.04. The van der Waals surface area contributed by atoms with E-state index in [2.05, 4.69) is 22.5 Å². The Morgan fingerprint density at radius 1 is 1.19 bits per heavy atom. The van der Waals surface area contributed by atoms with Gasteiger partial charge in [-0.3, -0.25) is 9.59 Å². The molecule has 2 amide bonds. The minimum Gasteiger partial charge on any atom is -0.493 e. The maximum Gasteiger partial charge on any atom is 0.242 e. The maximum absolute atomic E-state index is 14.3. The number of carbonyl (C=O) groups is 2. The van der Waals surface area contributed by atoms with Gasteiger partial charge < -0.3 is 20.7 Å². The first-order chi connectivity index (χ1) is 14.8. The summed E-state index contributed by atoms with van der Waals surface area (Å²) in [5.41, 5.74) is 1.30. The van der Waals surface area contributed by atoms with Crippen LogP contribution in [0.4, 0.5) is 4.39 Å². The van der Waals surface area contributed by atoms with Crippen LogP contribution in [0.1, 0.15) is 58.9 Å².